The van der Waals surface area contributed by atoms with Crippen molar-refractivity contribution in [2.24, 2.45) is 5.73 Å². The molecule has 0 fully saturated rings. The molecule has 11 nitrogen and oxygen atoms in total. The third kappa shape index (κ3) is 7.97. The molecule has 0 unspecified atom stereocenters. The molecular formula is C27H27F4N7O4S. The van der Waals surface area contributed by atoms with Gasteiger partial charge >= 0.3 is 6.18 Å². The Hall–Kier alpha value is -4.73. The molecule has 3 heterocycles. The number of primary amides is 1. The van der Waals surface area contributed by atoms with Gasteiger partial charge in [-0.15, -0.1) is 0 Å². The van der Waals surface area contributed by atoms with Crippen molar-refractivity contribution in [1.82, 2.24) is 19.7 Å². The number of halogens is 4. The van der Waals surface area contributed by atoms with Crippen molar-refractivity contribution >= 4 is 33.3 Å². The van der Waals surface area contributed by atoms with Crippen LogP contribution in [0, 0.1) is 5.82 Å². The maximum Gasteiger partial charge on any atom is 0.404 e. The Balaban J connectivity index is 1.83. The summed E-state index contributed by atoms with van der Waals surface area (Å²) >= 11 is 0. The predicted molar refractivity (Wildman–Crippen MR) is 151 cm³/mol. The van der Waals surface area contributed by atoms with Crippen LogP contribution in [0.3, 0.4) is 0 Å². The zero-order valence-corrected chi connectivity index (χ0v) is 23.9. The summed E-state index contributed by atoms with van der Waals surface area (Å²) in [4.78, 5) is 20.9. The summed E-state index contributed by atoms with van der Waals surface area (Å²) in [5.41, 5.74) is 5.31. The van der Waals surface area contributed by atoms with Gasteiger partial charge in [0, 0.05) is 11.8 Å². The van der Waals surface area contributed by atoms with Crippen LogP contribution in [0.5, 0.6) is 5.75 Å². The lowest BCUT2D eigenvalue weighted by Gasteiger charge is -2.23. The number of sulfonamides is 1. The standard InChI is InChI=1S/C27H27F4N7O4S/c1-26(2,3)38-25(35-21-6-4-5-11-33-21)22(24(32)39)23(36-38)16-7-10-19(37-43(40,41)15-27(29,30)31)20(12-16)42-14-18-9-8-17(28)13-34-18/h4-13,37H,14-15H2,1-3H3,(H2,32,39)(H,33,35). The molecule has 3 aromatic heterocycles. The van der Waals surface area contributed by atoms with Crippen LogP contribution >= 0.6 is 0 Å². The quantitative estimate of drug-likeness (QED) is 0.210. The van der Waals surface area contributed by atoms with Gasteiger partial charge in [0.05, 0.1) is 23.1 Å². The van der Waals surface area contributed by atoms with E-state index in [1.54, 1.807) is 24.4 Å². The monoisotopic (exact) mass is 621 g/mol. The number of alkyl halides is 3. The number of hydrogen-bond donors (Lipinski definition) is 3. The van der Waals surface area contributed by atoms with Crippen LogP contribution in [0.15, 0.2) is 60.9 Å². The fourth-order valence-electron chi connectivity index (χ4n) is 3.95. The lowest BCUT2D eigenvalue weighted by molar-refractivity contribution is -0.106. The molecular weight excluding hydrogens is 594 g/mol. The maximum absolute atomic E-state index is 13.3. The number of carbonyl (C=O) groups excluding carboxylic acids is 1. The van der Waals surface area contributed by atoms with Crippen LogP contribution in [0.2, 0.25) is 0 Å². The van der Waals surface area contributed by atoms with Crippen molar-refractivity contribution in [2.45, 2.75) is 39.1 Å². The zero-order valence-electron chi connectivity index (χ0n) is 23.1. The first-order valence-corrected chi connectivity index (χ1v) is 14.2. The number of aromatic nitrogens is 4. The topological polar surface area (TPSA) is 154 Å². The summed E-state index contributed by atoms with van der Waals surface area (Å²) in [6.45, 7) is 5.20. The largest absolute Gasteiger partial charge is 0.485 e. The lowest BCUT2D eigenvalue weighted by atomic mass is 10.1. The van der Waals surface area contributed by atoms with Crippen molar-refractivity contribution in [1.29, 1.82) is 0 Å². The molecule has 0 aliphatic carbocycles. The number of nitrogens with one attached hydrogen (secondary N) is 2. The highest BCUT2D eigenvalue weighted by molar-refractivity contribution is 7.92. The molecule has 0 saturated heterocycles. The highest BCUT2D eigenvalue weighted by Crippen LogP contribution is 2.38. The number of hydrogen-bond acceptors (Lipinski definition) is 8. The highest BCUT2D eigenvalue weighted by Gasteiger charge is 2.36. The molecule has 4 aromatic rings. The summed E-state index contributed by atoms with van der Waals surface area (Å²) in [7, 11) is -4.89. The molecule has 0 saturated carbocycles. The molecule has 0 radical (unpaired) electrons. The first-order valence-electron chi connectivity index (χ1n) is 12.6. The van der Waals surface area contributed by atoms with Gasteiger partial charge in [0.1, 0.15) is 41.1 Å². The minimum atomic E-state index is -5.00. The third-order valence-corrected chi connectivity index (χ3v) is 6.96. The molecule has 1 aromatic carbocycles. The molecule has 0 aliphatic heterocycles. The predicted octanol–water partition coefficient (Wildman–Crippen LogP) is 4.96. The number of anilines is 3. The Morgan fingerprint density at radius 1 is 1.07 bits per heavy atom. The number of nitrogens with two attached hydrogens (primary N) is 1. The van der Waals surface area contributed by atoms with Crippen LogP contribution in [-0.4, -0.2) is 46.0 Å². The minimum Gasteiger partial charge on any atom is -0.485 e. The summed E-state index contributed by atoms with van der Waals surface area (Å²) in [5, 5.41) is 7.69. The average Bonchev–Trinajstić information content (AvgIpc) is 3.28. The van der Waals surface area contributed by atoms with E-state index in [-0.39, 0.29) is 46.4 Å². The van der Waals surface area contributed by atoms with Gasteiger partial charge in [-0.3, -0.25) is 14.5 Å². The summed E-state index contributed by atoms with van der Waals surface area (Å²) in [6.07, 6.45) is -2.52. The van der Waals surface area contributed by atoms with E-state index in [2.05, 4.69) is 20.4 Å². The van der Waals surface area contributed by atoms with E-state index >= 15 is 0 Å². The van der Waals surface area contributed by atoms with Crippen molar-refractivity contribution in [3.63, 3.8) is 0 Å². The Bertz CT molecular complexity index is 1720. The van der Waals surface area contributed by atoms with E-state index in [0.29, 0.717) is 5.82 Å². The number of nitrogens with zero attached hydrogens (tertiary/aromatic N) is 4. The average molecular weight is 622 g/mol. The van der Waals surface area contributed by atoms with E-state index in [4.69, 9.17) is 10.5 Å². The Morgan fingerprint density at radius 3 is 2.40 bits per heavy atom. The van der Waals surface area contributed by atoms with E-state index in [1.165, 1.54) is 28.9 Å². The van der Waals surface area contributed by atoms with E-state index < -0.39 is 39.2 Å². The van der Waals surface area contributed by atoms with Crippen molar-refractivity contribution < 1.29 is 35.5 Å². The summed E-state index contributed by atoms with van der Waals surface area (Å²) in [5.74, 6) is -3.18. The molecule has 16 heteroatoms. The number of ether oxygens (including phenoxy) is 1. The highest BCUT2D eigenvalue weighted by atomic mass is 32.2. The van der Waals surface area contributed by atoms with E-state index in [0.717, 1.165) is 12.3 Å². The molecule has 0 bridgehead atoms. The SMILES string of the molecule is CC(C)(C)n1nc(-c2ccc(NS(=O)(=O)CC(F)(F)F)c(OCc3ccc(F)cn3)c2)c(C(N)=O)c1Nc1ccccn1. The number of amides is 1. The van der Waals surface area contributed by atoms with Crippen molar-refractivity contribution in [3.05, 3.63) is 78.0 Å². The van der Waals surface area contributed by atoms with Gasteiger partial charge in [0.25, 0.3) is 5.91 Å². The van der Waals surface area contributed by atoms with Crippen molar-refractivity contribution in [2.75, 3.05) is 15.8 Å². The second-order valence-electron chi connectivity index (χ2n) is 10.3. The van der Waals surface area contributed by atoms with Gasteiger partial charge < -0.3 is 15.8 Å². The molecule has 228 valence electrons. The lowest BCUT2D eigenvalue weighted by Crippen LogP contribution is -2.28. The fourth-order valence-corrected chi connectivity index (χ4v) is 4.96. The third-order valence-electron chi connectivity index (χ3n) is 5.72. The van der Waals surface area contributed by atoms with Crippen LogP contribution in [-0.2, 0) is 22.2 Å². The summed E-state index contributed by atoms with van der Waals surface area (Å²) in [6, 6.07) is 11.4. The second kappa shape index (κ2) is 11.9. The van der Waals surface area contributed by atoms with Crippen molar-refractivity contribution in [3.8, 4) is 17.0 Å². The van der Waals surface area contributed by atoms with Crippen LogP contribution in [0.25, 0.3) is 11.3 Å². The normalized spacial score (nSPS) is 12.2. The van der Waals surface area contributed by atoms with Crippen LogP contribution in [0.1, 0.15) is 36.8 Å². The first kappa shape index (κ1) is 31.2. The maximum atomic E-state index is 13.3. The molecule has 4 N–H and O–H groups in total. The number of pyridine rings is 2. The van der Waals surface area contributed by atoms with Crippen LogP contribution < -0.4 is 20.5 Å². The minimum absolute atomic E-state index is 0.0304. The van der Waals surface area contributed by atoms with Gasteiger partial charge in [-0.1, -0.05) is 12.1 Å². The molecule has 0 spiro atoms. The first-order chi connectivity index (χ1) is 20.0. The van der Waals surface area contributed by atoms with Crippen LogP contribution in [0.4, 0.5) is 34.9 Å². The zero-order chi connectivity index (χ0) is 31.6. The fraction of sp³-hybridized carbons (Fsp3) is 0.259. The number of rotatable bonds is 10. The Morgan fingerprint density at radius 2 is 1.81 bits per heavy atom. The second-order valence-corrected chi connectivity index (χ2v) is 12.0. The smallest absolute Gasteiger partial charge is 0.404 e. The van der Waals surface area contributed by atoms with Gasteiger partial charge in [0.2, 0.25) is 10.0 Å². The van der Waals surface area contributed by atoms with E-state index in [1.807, 2.05) is 25.5 Å². The molecule has 0 aliphatic rings. The number of benzene rings is 1. The Labute approximate surface area is 244 Å². The molecule has 4 rings (SSSR count). The molecule has 0 atom stereocenters. The molecule has 43 heavy (non-hydrogen) atoms. The Kier molecular flexibility index (Phi) is 8.62. The van der Waals surface area contributed by atoms with Gasteiger partial charge in [-0.05, 0) is 57.2 Å². The number of carbonyl (C=O) groups is 1. The van der Waals surface area contributed by atoms with Gasteiger partial charge in [-0.25, -0.2) is 22.5 Å². The summed E-state index contributed by atoms with van der Waals surface area (Å²) < 4.78 is 85.7. The van der Waals surface area contributed by atoms with Gasteiger partial charge in [0.15, 0.2) is 5.75 Å². The van der Waals surface area contributed by atoms with E-state index in [9.17, 15) is 30.8 Å². The van der Waals surface area contributed by atoms with Gasteiger partial charge in [-0.2, -0.15) is 18.3 Å². The molecule has 1 amide bonds.